The Morgan fingerprint density at radius 1 is 0.333 bits per heavy atom. The molecule has 0 aliphatic heterocycles. The number of hydrogen-bond donors (Lipinski definition) is 0. The van der Waals surface area contributed by atoms with E-state index in [0.717, 1.165) is 0 Å². The number of rotatable bonds is 0. The van der Waals surface area contributed by atoms with E-state index in [1.165, 1.54) is 65.7 Å². The quantitative estimate of drug-likeness (QED) is 0.208. The summed E-state index contributed by atoms with van der Waals surface area (Å²) in [5, 5.41) is 8.12. The molecule has 0 aromatic heterocycles. The minimum Gasteiger partial charge on any atom is -0.0616 e. The predicted molar refractivity (Wildman–Crippen MR) is 160 cm³/mol. The fourth-order valence-corrected chi connectivity index (χ4v) is 4.75. The van der Waals surface area contributed by atoms with Crippen molar-refractivity contribution in [3.8, 4) is 0 Å². The summed E-state index contributed by atoms with van der Waals surface area (Å²) < 4.78 is 0. The third kappa shape index (κ3) is 5.66. The zero-order valence-electron chi connectivity index (χ0n) is 22.4. The molecule has 0 nitrogen and oxygen atoms in total. The van der Waals surface area contributed by atoms with Crippen molar-refractivity contribution < 1.29 is 0 Å². The van der Waals surface area contributed by atoms with Crippen molar-refractivity contribution >= 4 is 32.3 Å². The largest absolute Gasteiger partial charge is 0.0616 e. The van der Waals surface area contributed by atoms with Crippen LogP contribution in [0, 0.1) is 41.5 Å². The van der Waals surface area contributed by atoms with E-state index >= 15 is 0 Å². The normalized spacial score (nSPS) is 10.5. The molecule has 0 bridgehead atoms. The van der Waals surface area contributed by atoms with Crippen LogP contribution in [0.4, 0.5) is 0 Å². The zero-order chi connectivity index (χ0) is 25.7. The molecule has 6 aromatic rings. The van der Waals surface area contributed by atoms with Gasteiger partial charge in [-0.05, 0) is 107 Å². The topological polar surface area (TPSA) is 0 Å². The molecule has 6 aromatic carbocycles. The highest BCUT2D eigenvalue weighted by molar-refractivity contribution is 5.88. The first-order chi connectivity index (χ1) is 17.3. The molecule has 0 saturated heterocycles. The number of benzene rings is 6. The first-order valence-corrected chi connectivity index (χ1v) is 12.7. The van der Waals surface area contributed by atoms with Crippen LogP contribution in [0.5, 0.6) is 0 Å². The Hall–Kier alpha value is -3.90. The van der Waals surface area contributed by atoms with E-state index in [9.17, 15) is 0 Å². The Kier molecular flexibility index (Phi) is 7.86. The lowest BCUT2D eigenvalue weighted by molar-refractivity contribution is 1.37. The lowest BCUT2D eigenvalue weighted by atomic mass is 10.0. The van der Waals surface area contributed by atoms with Gasteiger partial charge in [0.2, 0.25) is 0 Å². The first kappa shape index (κ1) is 25.2. The van der Waals surface area contributed by atoms with Gasteiger partial charge in [-0.1, -0.05) is 109 Å². The standard InChI is InChI=1S/3C12H12/c1-9-5-3-7-11-8-4-6-10(2)12(9)11;1-9-7-11-5-3-4-6-12(11)8-10(9)2;1-9-7-8-11-5-3-4-6-12(11)10(9)2/h3*3-8H,1-2H3. The van der Waals surface area contributed by atoms with Gasteiger partial charge in [-0.15, -0.1) is 0 Å². The average Bonchev–Trinajstić information content (AvgIpc) is 2.88. The van der Waals surface area contributed by atoms with Crippen LogP contribution >= 0.6 is 0 Å². The van der Waals surface area contributed by atoms with Crippen molar-refractivity contribution in [2.75, 3.05) is 0 Å². The molecule has 6 rings (SSSR count). The lowest BCUT2D eigenvalue weighted by Crippen LogP contribution is -1.82. The van der Waals surface area contributed by atoms with Crippen LogP contribution in [0.15, 0.2) is 109 Å². The van der Waals surface area contributed by atoms with Gasteiger partial charge in [0, 0.05) is 0 Å². The van der Waals surface area contributed by atoms with Gasteiger partial charge in [0.15, 0.2) is 0 Å². The summed E-state index contributed by atoms with van der Waals surface area (Å²) in [6, 6.07) is 38.7. The van der Waals surface area contributed by atoms with E-state index in [0.29, 0.717) is 0 Å². The molecule has 180 valence electrons. The fraction of sp³-hybridized carbons (Fsp3) is 0.167. The van der Waals surface area contributed by atoms with Crippen LogP contribution in [0.1, 0.15) is 33.4 Å². The molecule has 0 aliphatic carbocycles. The van der Waals surface area contributed by atoms with Gasteiger partial charge in [0.25, 0.3) is 0 Å². The SMILES string of the molecule is Cc1cc2ccccc2cc1C.Cc1ccc2ccccc2c1C.Cc1cccc2cccc(C)c12. The van der Waals surface area contributed by atoms with E-state index in [4.69, 9.17) is 0 Å². The second kappa shape index (κ2) is 11.2. The highest BCUT2D eigenvalue weighted by Gasteiger charge is 1.99. The molecule has 0 heteroatoms. The summed E-state index contributed by atoms with van der Waals surface area (Å²) in [5.74, 6) is 0. The van der Waals surface area contributed by atoms with E-state index < -0.39 is 0 Å². The molecule has 0 radical (unpaired) electrons. The highest BCUT2D eigenvalue weighted by atomic mass is 14.0. The van der Waals surface area contributed by atoms with Crippen molar-refractivity contribution in [2.45, 2.75) is 41.5 Å². The summed E-state index contributed by atoms with van der Waals surface area (Å²) in [5.41, 5.74) is 8.24. The monoisotopic (exact) mass is 468 g/mol. The molecule has 0 unspecified atom stereocenters. The summed E-state index contributed by atoms with van der Waals surface area (Å²) in [6.07, 6.45) is 0. The minimum absolute atomic E-state index is 1.33. The molecular weight excluding hydrogens is 432 g/mol. The maximum Gasteiger partial charge on any atom is -0.0125 e. The predicted octanol–water partition coefficient (Wildman–Crippen LogP) is 10.4. The Morgan fingerprint density at radius 3 is 1.33 bits per heavy atom. The van der Waals surface area contributed by atoms with Crippen LogP contribution in [0.2, 0.25) is 0 Å². The molecule has 0 aliphatic rings. The highest BCUT2D eigenvalue weighted by Crippen LogP contribution is 2.22. The first-order valence-electron chi connectivity index (χ1n) is 12.7. The molecular formula is C36H36. The zero-order valence-corrected chi connectivity index (χ0v) is 22.4. The van der Waals surface area contributed by atoms with Crippen molar-refractivity contribution in [1.29, 1.82) is 0 Å². The third-order valence-corrected chi connectivity index (χ3v) is 7.15. The van der Waals surface area contributed by atoms with Gasteiger partial charge >= 0.3 is 0 Å². The summed E-state index contributed by atoms with van der Waals surface area (Å²) in [4.78, 5) is 0. The van der Waals surface area contributed by atoms with Gasteiger partial charge in [0.05, 0.1) is 0 Å². The van der Waals surface area contributed by atoms with Crippen LogP contribution in [-0.2, 0) is 0 Å². The Bertz CT molecular complexity index is 1550. The van der Waals surface area contributed by atoms with Crippen LogP contribution < -0.4 is 0 Å². The molecule has 0 heterocycles. The molecule has 0 atom stereocenters. The Balaban J connectivity index is 0.000000127. The Labute approximate surface area is 216 Å². The molecule has 0 fully saturated rings. The van der Waals surface area contributed by atoms with E-state index in [1.807, 2.05) is 0 Å². The number of hydrogen-bond acceptors (Lipinski definition) is 0. The molecule has 0 spiro atoms. The van der Waals surface area contributed by atoms with E-state index in [-0.39, 0.29) is 0 Å². The molecule has 36 heavy (non-hydrogen) atoms. The number of fused-ring (bicyclic) bond motifs is 3. The van der Waals surface area contributed by atoms with Gasteiger partial charge < -0.3 is 0 Å². The summed E-state index contributed by atoms with van der Waals surface area (Å²) >= 11 is 0. The number of aryl methyl sites for hydroxylation is 6. The Morgan fingerprint density at radius 2 is 0.806 bits per heavy atom. The van der Waals surface area contributed by atoms with Crippen molar-refractivity contribution in [3.63, 3.8) is 0 Å². The van der Waals surface area contributed by atoms with Gasteiger partial charge in [-0.2, -0.15) is 0 Å². The van der Waals surface area contributed by atoms with E-state index in [1.54, 1.807) is 0 Å². The van der Waals surface area contributed by atoms with Crippen molar-refractivity contribution in [3.05, 3.63) is 143 Å². The van der Waals surface area contributed by atoms with Crippen LogP contribution in [0.25, 0.3) is 32.3 Å². The summed E-state index contributed by atoms with van der Waals surface area (Å²) in [7, 11) is 0. The second-order valence-corrected chi connectivity index (χ2v) is 9.76. The second-order valence-electron chi connectivity index (χ2n) is 9.76. The maximum atomic E-state index is 2.24. The third-order valence-electron chi connectivity index (χ3n) is 7.15. The maximum absolute atomic E-state index is 2.24. The fourth-order valence-electron chi connectivity index (χ4n) is 4.75. The van der Waals surface area contributed by atoms with Gasteiger partial charge in [-0.3, -0.25) is 0 Å². The summed E-state index contributed by atoms with van der Waals surface area (Å²) in [6.45, 7) is 13.0. The lowest BCUT2D eigenvalue weighted by Gasteiger charge is -2.04. The minimum atomic E-state index is 1.33. The van der Waals surface area contributed by atoms with Crippen LogP contribution in [0.3, 0.4) is 0 Å². The van der Waals surface area contributed by atoms with Crippen molar-refractivity contribution in [2.24, 2.45) is 0 Å². The molecule has 0 amide bonds. The average molecular weight is 469 g/mol. The van der Waals surface area contributed by atoms with Gasteiger partial charge in [-0.25, -0.2) is 0 Å². The van der Waals surface area contributed by atoms with Crippen molar-refractivity contribution in [1.82, 2.24) is 0 Å². The van der Waals surface area contributed by atoms with E-state index in [2.05, 4.69) is 151 Å². The van der Waals surface area contributed by atoms with Gasteiger partial charge in [0.1, 0.15) is 0 Å². The molecule has 0 saturated carbocycles. The molecule has 0 N–H and O–H groups in total. The van der Waals surface area contributed by atoms with Crippen LogP contribution in [-0.4, -0.2) is 0 Å². The smallest absolute Gasteiger partial charge is 0.0125 e.